The summed E-state index contributed by atoms with van der Waals surface area (Å²) in [6.07, 6.45) is 1.01. The summed E-state index contributed by atoms with van der Waals surface area (Å²) < 4.78 is 0. The first-order chi connectivity index (χ1) is 14.8. The molecule has 3 rings (SSSR count). The number of thiophene rings is 1. The van der Waals surface area contributed by atoms with Gasteiger partial charge in [-0.25, -0.2) is 14.8 Å². The van der Waals surface area contributed by atoms with Crippen LogP contribution in [0.5, 0.6) is 0 Å². The minimum absolute atomic E-state index is 0.0362. The van der Waals surface area contributed by atoms with Crippen molar-refractivity contribution in [1.82, 2.24) is 15.3 Å². The number of carboxylic acids is 2. The van der Waals surface area contributed by atoms with Crippen LogP contribution in [-0.4, -0.2) is 57.7 Å². The molecule has 0 saturated heterocycles. The molecule has 0 spiro atoms. The van der Waals surface area contributed by atoms with Gasteiger partial charge in [0.1, 0.15) is 23.0 Å². The van der Waals surface area contributed by atoms with Crippen LogP contribution in [0.3, 0.4) is 0 Å². The van der Waals surface area contributed by atoms with Gasteiger partial charge in [-0.3, -0.25) is 9.59 Å². The quantitative estimate of drug-likeness (QED) is 0.436. The second-order valence-corrected chi connectivity index (χ2v) is 7.99. The predicted molar refractivity (Wildman–Crippen MR) is 117 cm³/mol. The van der Waals surface area contributed by atoms with E-state index in [1.807, 2.05) is 41.3 Å². The molecular weight excluding hydrogens is 420 g/mol. The summed E-state index contributed by atoms with van der Waals surface area (Å²) in [4.78, 5) is 46.5. The largest absolute Gasteiger partial charge is 0.481 e. The van der Waals surface area contributed by atoms with Gasteiger partial charge in [-0.05, 0) is 18.1 Å². The molecule has 2 heterocycles. The van der Waals surface area contributed by atoms with Gasteiger partial charge in [-0.2, -0.15) is 0 Å². The second-order valence-electron chi connectivity index (χ2n) is 6.96. The van der Waals surface area contributed by atoms with E-state index in [1.165, 1.54) is 6.33 Å². The molecule has 3 aromatic rings. The molecule has 0 aliphatic rings. The standard InChI is InChI=1S/C21H22N4O5S/c1-25(10-9-17(26)24-15(21(29)30)7-8-18(27)28)19-14-11-16(13-5-3-2-4-6-13)31-20(14)23-12-22-19/h2-6,11-12,15H,7-10H2,1H3,(H,24,26)(H,27,28)(H,29,30). The van der Waals surface area contributed by atoms with Crippen molar-refractivity contribution < 1.29 is 24.6 Å². The number of fused-ring (bicyclic) bond motifs is 1. The van der Waals surface area contributed by atoms with E-state index >= 15 is 0 Å². The molecule has 162 valence electrons. The molecule has 1 aromatic carbocycles. The molecule has 0 aliphatic heterocycles. The number of benzene rings is 1. The molecule has 0 saturated carbocycles. The normalized spacial score (nSPS) is 11.8. The number of nitrogens with one attached hydrogen (secondary N) is 1. The summed E-state index contributed by atoms with van der Waals surface area (Å²) in [6.45, 7) is 0.305. The lowest BCUT2D eigenvalue weighted by Gasteiger charge is -2.19. The smallest absolute Gasteiger partial charge is 0.326 e. The Morgan fingerprint density at radius 3 is 2.55 bits per heavy atom. The van der Waals surface area contributed by atoms with Crippen LogP contribution in [0.25, 0.3) is 20.7 Å². The van der Waals surface area contributed by atoms with Gasteiger partial charge in [-0.15, -0.1) is 11.3 Å². The average Bonchev–Trinajstić information content (AvgIpc) is 3.19. The van der Waals surface area contributed by atoms with Crippen molar-refractivity contribution in [1.29, 1.82) is 0 Å². The van der Waals surface area contributed by atoms with Gasteiger partial charge in [0.25, 0.3) is 0 Å². The number of anilines is 1. The van der Waals surface area contributed by atoms with Gasteiger partial charge in [0, 0.05) is 31.3 Å². The maximum absolute atomic E-state index is 12.2. The van der Waals surface area contributed by atoms with E-state index in [-0.39, 0.29) is 19.3 Å². The summed E-state index contributed by atoms with van der Waals surface area (Å²) >= 11 is 1.56. The second kappa shape index (κ2) is 9.98. The minimum Gasteiger partial charge on any atom is -0.481 e. The molecule has 1 amide bonds. The van der Waals surface area contributed by atoms with Crippen LogP contribution in [0, 0.1) is 0 Å². The maximum atomic E-state index is 12.2. The van der Waals surface area contributed by atoms with Gasteiger partial charge in [0.15, 0.2) is 0 Å². The van der Waals surface area contributed by atoms with Crippen molar-refractivity contribution in [2.45, 2.75) is 25.3 Å². The molecule has 3 N–H and O–H groups in total. The van der Waals surface area contributed by atoms with E-state index in [0.29, 0.717) is 12.4 Å². The van der Waals surface area contributed by atoms with E-state index in [4.69, 9.17) is 5.11 Å². The van der Waals surface area contributed by atoms with Gasteiger partial charge >= 0.3 is 11.9 Å². The first kappa shape index (κ1) is 22.2. The SMILES string of the molecule is CN(CCC(=O)NC(CCC(=O)O)C(=O)O)c1ncnc2sc(-c3ccccc3)cc12. The Morgan fingerprint density at radius 1 is 1.13 bits per heavy atom. The highest BCUT2D eigenvalue weighted by Gasteiger charge is 2.21. The van der Waals surface area contributed by atoms with Crippen molar-refractivity contribution in [3.63, 3.8) is 0 Å². The molecule has 31 heavy (non-hydrogen) atoms. The number of amides is 1. The number of nitrogens with zero attached hydrogens (tertiary/aromatic N) is 3. The molecule has 0 bridgehead atoms. The fraction of sp³-hybridized carbons (Fsp3) is 0.286. The molecule has 0 radical (unpaired) electrons. The fourth-order valence-corrected chi connectivity index (χ4v) is 4.06. The Hall–Kier alpha value is -3.53. The number of rotatable bonds is 10. The zero-order chi connectivity index (χ0) is 22.4. The average molecular weight is 442 g/mol. The summed E-state index contributed by atoms with van der Waals surface area (Å²) in [5.74, 6) is -2.16. The molecule has 1 unspecified atom stereocenters. The van der Waals surface area contributed by atoms with Crippen molar-refractivity contribution in [2.75, 3.05) is 18.5 Å². The number of hydrogen-bond acceptors (Lipinski definition) is 7. The number of carbonyl (C=O) groups excluding carboxylic acids is 1. The van der Waals surface area contributed by atoms with Crippen LogP contribution < -0.4 is 10.2 Å². The lowest BCUT2D eigenvalue weighted by atomic mass is 10.1. The first-order valence-corrected chi connectivity index (χ1v) is 10.4. The molecule has 0 aliphatic carbocycles. The molecular formula is C21H22N4O5S. The van der Waals surface area contributed by atoms with E-state index in [9.17, 15) is 19.5 Å². The zero-order valence-corrected chi connectivity index (χ0v) is 17.6. The fourth-order valence-electron chi connectivity index (χ4n) is 3.06. The number of aliphatic carboxylic acids is 2. The van der Waals surface area contributed by atoms with Crippen molar-refractivity contribution in [3.8, 4) is 10.4 Å². The van der Waals surface area contributed by atoms with Crippen LogP contribution in [0.15, 0.2) is 42.7 Å². The molecule has 10 heteroatoms. The maximum Gasteiger partial charge on any atom is 0.326 e. The monoisotopic (exact) mass is 442 g/mol. The number of aromatic nitrogens is 2. The van der Waals surface area contributed by atoms with Crippen LogP contribution in [0.2, 0.25) is 0 Å². The molecule has 2 aromatic heterocycles. The Balaban J connectivity index is 1.67. The minimum atomic E-state index is -1.26. The van der Waals surface area contributed by atoms with E-state index < -0.39 is 23.9 Å². The third-order valence-electron chi connectivity index (χ3n) is 4.68. The number of carboxylic acid groups (broad SMARTS) is 2. The topological polar surface area (TPSA) is 133 Å². The molecule has 1 atom stereocenters. The Bertz CT molecular complexity index is 1090. The lowest BCUT2D eigenvalue weighted by Crippen LogP contribution is -2.42. The van der Waals surface area contributed by atoms with Crippen molar-refractivity contribution >= 4 is 45.2 Å². The zero-order valence-electron chi connectivity index (χ0n) is 16.8. The van der Waals surface area contributed by atoms with Crippen molar-refractivity contribution in [2.24, 2.45) is 0 Å². The predicted octanol–water partition coefficient (Wildman–Crippen LogP) is 2.62. The van der Waals surface area contributed by atoms with Gasteiger partial charge < -0.3 is 20.4 Å². The highest BCUT2D eigenvalue weighted by Crippen LogP contribution is 2.35. The molecule has 0 fully saturated rings. The van der Waals surface area contributed by atoms with Gasteiger partial charge in [-0.1, -0.05) is 30.3 Å². The summed E-state index contributed by atoms with van der Waals surface area (Å²) in [5, 5.41) is 21.1. The van der Waals surface area contributed by atoms with Crippen LogP contribution in [0.4, 0.5) is 5.82 Å². The third-order valence-corrected chi connectivity index (χ3v) is 5.77. The Kier molecular flexibility index (Phi) is 7.14. The first-order valence-electron chi connectivity index (χ1n) is 9.60. The van der Waals surface area contributed by atoms with Crippen molar-refractivity contribution in [3.05, 3.63) is 42.7 Å². The van der Waals surface area contributed by atoms with E-state index in [2.05, 4.69) is 15.3 Å². The van der Waals surface area contributed by atoms with Gasteiger partial charge in [0.2, 0.25) is 5.91 Å². The number of carbonyl (C=O) groups is 3. The molecule has 9 nitrogen and oxygen atoms in total. The number of hydrogen-bond donors (Lipinski definition) is 3. The highest BCUT2D eigenvalue weighted by molar-refractivity contribution is 7.21. The van der Waals surface area contributed by atoms with Crippen LogP contribution in [0.1, 0.15) is 19.3 Å². The van der Waals surface area contributed by atoms with E-state index in [0.717, 1.165) is 20.7 Å². The Morgan fingerprint density at radius 2 is 1.87 bits per heavy atom. The summed E-state index contributed by atoms with van der Waals surface area (Å²) in [5.41, 5.74) is 1.08. The lowest BCUT2D eigenvalue weighted by molar-refractivity contribution is -0.143. The summed E-state index contributed by atoms with van der Waals surface area (Å²) in [7, 11) is 1.80. The Labute approximate surface area is 182 Å². The third kappa shape index (κ3) is 5.76. The highest BCUT2D eigenvalue weighted by atomic mass is 32.1. The van der Waals surface area contributed by atoms with Crippen LogP contribution >= 0.6 is 11.3 Å². The van der Waals surface area contributed by atoms with E-state index in [1.54, 1.807) is 18.4 Å². The van der Waals surface area contributed by atoms with Crippen LogP contribution in [-0.2, 0) is 14.4 Å². The van der Waals surface area contributed by atoms with Gasteiger partial charge in [0.05, 0.1) is 5.39 Å². The summed E-state index contributed by atoms with van der Waals surface area (Å²) in [6, 6.07) is 10.7.